The summed E-state index contributed by atoms with van der Waals surface area (Å²) in [5, 5.41) is 3.68. The third-order valence-corrected chi connectivity index (χ3v) is 4.02. The Kier molecular flexibility index (Phi) is 4.74. The summed E-state index contributed by atoms with van der Waals surface area (Å²) >= 11 is 12.1. The number of amides is 1. The standard InChI is InChI=1S/C17H14Cl2FNO2/c18-11-3-8-14(19)15(9-11)23-16(17(22)21-13-6-7-13)10-1-4-12(20)5-2-10/h1-5,8-9,13,16H,6-7H2,(H,21,22)/t16-/m1/s1. The van der Waals surface area contributed by atoms with Crippen molar-refractivity contribution in [3.05, 3.63) is 63.9 Å². The lowest BCUT2D eigenvalue weighted by molar-refractivity contribution is -0.128. The molecule has 0 radical (unpaired) electrons. The molecule has 1 atom stereocenters. The van der Waals surface area contributed by atoms with E-state index in [4.69, 9.17) is 27.9 Å². The Bertz CT molecular complexity index is 717. The van der Waals surface area contributed by atoms with Crippen LogP contribution in [0.2, 0.25) is 10.0 Å². The molecule has 1 amide bonds. The van der Waals surface area contributed by atoms with Crippen LogP contribution in [0.3, 0.4) is 0 Å². The molecular weight excluding hydrogens is 340 g/mol. The molecule has 0 aliphatic heterocycles. The molecule has 0 bridgehead atoms. The van der Waals surface area contributed by atoms with Crippen LogP contribution < -0.4 is 10.1 Å². The van der Waals surface area contributed by atoms with E-state index in [1.807, 2.05) is 0 Å². The van der Waals surface area contributed by atoms with Gasteiger partial charge in [-0.25, -0.2) is 4.39 Å². The van der Waals surface area contributed by atoms with Gasteiger partial charge >= 0.3 is 0 Å². The van der Waals surface area contributed by atoms with E-state index in [1.54, 1.807) is 18.2 Å². The van der Waals surface area contributed by atoms with Crippen LogP contribution in [0.1, 0.15) is 24.5 Å². The highest BCUT2D eigenvalue weighted by molar-refractivity contribution is 6.34. The Balaban J connectivity index is 1.88. The molecule has 120 valence electrons. The van der Waals surface area contributed by atoms with Crippen LogP contribution in [0.5, 0.6) is 5.75 Å². The van der Waals surface area contributed by atoms with Crippen molar-refractivity contribution in [2.24, 2.45) is 0 Å². The van der Waals surface area contributed by atoms with Crippen LogP contribution in [0.4, 0.5) is 4.39 Å². The Morgan fingerprint density at radius 2 is 1.87 bits per heavy atom. The van der Waals surface area contributed by atoms with Gasteiger partial charge in [0.15, 0.2) is 0 Å². The molecule has 1 N–H and O–H groups in total. The molecule has 1 aliphatic rings. The summed E-state index contributed by atoms with van der Waals surface area (Å²) in [7, 11) is 0. The number of benzene rings is 2. The van der Waals surface area contributed by atoms with Crippen LogP contribution in [-0.4, -0.2) is 11.9 Å². The minimum Gasteiger partial charge on any atom is -0.474 e. The molecule has 3 nitrogen and oxygen atoms in total. The second kappa shape index (κ2) is 6.77. The zero-order valence-electron chi connectivity index (χ0n) is 12.1. The van der Waals surface area contributed by atoms with E-state index in [9.17, 15) is 9.18 Å². The number of carbonyl (C=O) groups is 1. The molecule has 0 aromatic heterocycles. The molecule has 1 fully saturated rings. The predicted molar refractivity (Wildman–Crippen MR) is 87.4 cm³/mol. The topological polar surface area (TPSA) is 38.3 Å². The highest BCUT2D eigenvalue weighted by Crippen LogP contribution is 2.32. The Morgan fingerprint density at radius 3 is 2.52 bits per heavy atom. The second-order valence-corrected chi connectivity index (χ2v) is 6.25. The number of hydrogen-bond donors (Lipinski definition) is 1. The van der Waals surface area contributed by atoms with Gasteiger partial charge < -0.3 is 10.1 Å². The molecule has 0 spiro atoms. The number of halogens is 3. The lowest BCUT2D eigenvalue weighted by Gasteiger charge is -2.20. The summed E-state index contributed by atoms with van der Waals surface area (Å²) in [6.45, 7) is 0. The van der Waals surface area contributed by atoms with Crippen molar-refractivity contribution in [1.82, 2.24) is 5.32 Å². The molecule has 0 unspecified atom stereocenters. The first-order valence-electron chi connectivity index (χ1n) is 7.20. The van der Waals surface area contributed by atoms with E-state index in [0.717, 1.165) is 12.8 Å². The van der Waals surface area contributed by atoms with Gasteiger partial charge in [0.1, 0.15) is 11.6 Å². The van der Waals surface area contributed by atoms with Crippen LogP contribution in [-0.2, 0) is 4.79 Å². The van der Waals surface area contributed by atoms with E-state index in [2.05, 4.69) is 5.32 Å². The maximum Gasteiger partial charge on any atom is 0.266 e. The molecular formula is C17H14Cl2FNO2. The first-order valence-corrected chi connectivity index (χ1v) is 7.96. The van der Waals surface area contributed by atoms with Gasteiger partial charge in [-0.1, -0.05) is 35.3 Å². The first kappa shape index (κ1) is 16.1. The van der Waals surface area contributed by atoms with Gasteiger partial charge in [0.25, 0.3) is 5.91 Å². The quantitative estimate of drug-likeness (QED) is 0.857. The molecule has 6 heteroatoms. The number of hydrogen-bond acceptors (Lipinski definition) is 2. The summed E-state index contributed by atoms with van der Waals surface area (Å²) in [4.78, 5) is 12.5. The zero-order valence-corrected chi connectivity index (χ0v) is 13.6. The fourth-order valence-electron chi connectivity index (χ4n) is 2.11. The SMILES string of the molecule is O=C(NC1CC1)[C@H](Oc1cc(Cl)ccc1Cl)c1ccc(F)cc1. The lowest BCUT2D eigenvalue weighted by Crippen LogP contribution is -2.33. The van der Waals surface area contributed by atoms with Gasteiger partial charge in [0.05, 0.1) is 5.02 Å². The minimum absolute atomic E-state index is 0.184. The van der Waals surface area contributed by atoms with Gasteiger partial charge in [-0.2, -0.15) is 0 Å². The maximum absolute atomic E-state index is 13.1. The van der Waals surface area contributed by atoms with E-state index in [1.165, 1.54) is 24.3 Å². The number of carbonyl (C=O) groups excluding carboxylic acids is 1. The summed E-state index contributed by atoms with van der Waals surface area (Å²) in [5.41, 5.74) is 0.542. The molecule has 0 saturated heterocycles. The lowest BCUT2D eigenvalue weighted by atomic mass is 10.1. The van der Waals surface area contributed by atoms with Crippen LogP contribution >= 0.6 is 23.2 Å². The van der Waals surface area contributed by atoms with E-state index in [0.29, 0.717) is 21.4 Å². The second-order valence-electron chi connectivity index (χ2n) is 5.41. The normalized spacial score (nSPS) is 15.1. The van der Waals surface area contributed by atoms with Crippen LogP contribution in [0, 0.1) is 5.82 Å². The molecule has 1 aliphatic carbocycles. The average molecular weight is 354 g/mol. The van der Waals surface area contributed by atoms with E-state index < -0.39 is 6.10 Å². The number of ether oxygens (including phenoxy) is 1. The molecule has 0 heterocycles. The monoisotopic (exact) mass is 353 g/mol. The number of nitrogens with one attached hydrogen (secondary N) is 1. The van der Waals surface area contributed by atoms with Crippen LogP contribution in [0.25, 0.3) is 0 Å². The van der Waals surface area contributed by atoms with Gasteiger partial charge in [-0.15, -0.1) is 0 Å². The summed E-state index contributed by atoms with van der Waals surface area (Å²) in [5.74, 6) is -0.356. The van der Waals surface area contributed by atoms with Gasteiger partial charge in [0.2, 0.25) is 6.10 Å². The third kappa shape index (κ3) is 4.15. The van der Waals surface area contributed by atoms with Crippen molar-refractivity contribution in [1.29, 1.82) is 0 Å². The fourth-order valence-corrected chi connectivity index (χ4v) is 2.43. The smallest absolute Gasteiger partial charge is 0.266 e. The van der Waals surface area contributed by atoms with Crippen molar-refractivity contribution in [2.75, 3.05) is 0 Å². The first-order chi connectivity index (χ1) is 11.0. The van der Waals surface area contributed by atoms with Crippen molar-refractivity contribution < 1.29 is 13.9 Å². The van der Waals surface area contributed by atoms with Crippen LogP contribution in [0.15, 0.2) is 42.5 Å². The van der Waals surface area contributed by atoms with E-state index in [-0.39, 0.29) is 17.8 Å². The molecule has 1 saturated carbocycles. The van der Waals surface area contributed by atoms with Crippen molar-refractivity contribution in [3.8, 4) is 5.75 Å². The van der Waals surface area contributed by atoms with E-state index >= 15 is 0 Å². The number of rotatable bonds is 5. The van der Waals surface area contributed by atoms with Gasteiger partial charge in [-0.3, -0.25) is 4.79 Å². The Morgan fingerprint density at radius 1 is 1.17 bits per heavy atom. The molecule has 23 heavy (non-hydrogen) atoms. The Labute approximate surface area is 143 Å². The predicted octanol–water partition coefficient (Wildman–Crippen LogP) is 4.53. The van der Waals surface area contributed by atoms with Crippen molar-refractivity contribution in [3.63, 3.8) is 0 Å². The molecule has 2 aromatic carbocycles. The van der Waals surface area contributed by atoms with Gasteiger partial charge in [0, 0.05) is 22.7 Å². The highest BCUT2D eigenvalue weighted by atomic mass is 35.5. The maximum atomic E-state index is 13.1. The fraction of sp³-hybridized carbons (Fsp3) is 0.235. The van der Waals surface area contributed by atoms with Crippen molar-refractivity contribution >= 4 is 29.1 Å². The average Bonchev–Trinajstić information content (AvgIpc) is 3.33. The van der Waals surface area contributed by atoms with Crippen molar-refractivity contribution in [2.45, 2.75) is 25.0 Å². The molecule has 2 aromatic rings. The summed E-state index contributed by atoms with van der Waals surface area (Å²) in [6, 6.07) is 10.6. The van der Waals surface area contributed by atoms with Gasteiger partial charge in [-0.05, 0) is 37.1 Å². The summed E-state index contributed by atoms with van der Waals surface area (Å²) in [6.07, 6.45) is 0.992. The largest absolute Gasteiger partial charge is 0.474 e. The Hall–Kier alpha value is -1.78. The zero-order chi connectivity index (χ0) is 16.4. The third-order valence-electron chi connectivity index (χ3n) is 3.47. The highest BCUT2D eigenvalue weighted by Gasteiger charge is 2.30. The minimum atomic E-state index is -0.924. The summed E-state index contributed by atoms with van der Waals surface area (Å²) < 4.78 is 18.9. The molecule has 3 rings (SSSR count).